The summed E-state index contributed by atoms with van der Waals surface area (Å²) >= 11 is 5.95. The molecule has 1 aliphatic carbocycles. The molecule has 0 bridgehead atoms. The minimum absolute atomic E-state index is 0. The Labute approximate surface area is 144 Å². The normalized spacial score (nSPS) is 16.6. The van der Waals surface area contributed by atoms with Crippen molar-refractivity contribution in [3.63, 3.8) is 0 Å². The van der Waals surface area contributed by atoms with Gasteiger partial charge in [0.15, 0.2) is 0 Å². The van der Waals surface area contributed by atoms with Gasteiger partial charge in [0.2, 0.25) is 5.91 Å². The van der Waals surface area contributed by atoms with Crippen LogP contribution in [-0.4, -0.2) is 19.0 Å². The number of rotatable bonds is 6. The molecule has 0 unspecified atom stereocenters. The lowest BCUT2D eigenvalue weighted by atomic mass is 9.71. The molecule has 0 atom stereocenters. The highest BCUT2D eigenvalue weighted by Gasteiger charge is 2.32. The minimum Gasteiger partial charge on any atom is -0.356 e. The zero-order valence-electron chi connectivity index (χ0n) is 12.9. The zero-order chi connectivity index (χ0) is 15.1. The van der Waals surface area contributed by atoms with Gasteiger partial charge in [0.05, 0.1) is 0 Å². The second kappa shape index (κ2) is 9.39. The first-order chi connectivity index (χ1) is 10.1. The number of benzene rings is 1. The summed E-state index contributed by atoms with van der Waals surface area (Å²) in [6.07, 6.45) is 7.23. The minimum atomic E-state index is 0. The number of carbonyl (C=O) groups is 1. The molecule has 124 valence electrons. The molecule has 0 saturated heterocycles. The van der Waals surface area contributed by atoms with Crippen LogP contribution >= 0.6 is 24.0 Å². The molecule has 0 heterocycles. The lowest BCUT2D eigenvalue weighted by molar-refractivity contribution is -0.123. The number of nitrogens with two attached hydrogens (primary N) is 1. The van der Waals surface area contributed by atoms with E-state index in [2.05, 4.69) is 5.32 Å². The van der Waals surface area contributed by atoms with Crippen LogP contribution in [0.15, 0.2) is 24.3 Å². The van der Waals surface area contributed by atoms with E-state index in [0.29, 0.717) is 19.5 Å². The highest BCUT2D eigenvalue weighted by Crippen LogP contribution is 2.38. The Morgan fingerprint density at radius 1 is 1.27 bits per heavy atom. The van der Waals surface area contributed by atoms with E-state index < -0.39 is 0 Å². The van der Waals surface area contributed by atoms with Crippen molar-refractivity contribution in [2.75, 3.05) is 13.1 Å². The van der Waals surface area contributed by atoms with Crippen LogP contribution in [0.5, 0.6) is 0 Å². The van der Waals surface area contributed by atoms with Gasteiger partial charge in [0, 0.05) is 18.0 Å². The molecule has 1 amide bonds. The summed E-state index contributed by atoms with van der Waals surface area (Å²) in [5.41, 5.74) is 7.12. The standard InChI is InChI=1S/C17H25ClN2O.ClH/c18-15-6-4-5-14(11-15)7-10-20-16(21)12-17(13-19)8-2-1-3-9-17;/h4-6,11H,1-3,7-10,12-13,19H2,(H,20,21);1H. The van der Waals surface area contributed by atoms with Crippen molar-refractivity contribution >= 4 is 29.9 Å². The van der Waals surface area contributed by atoms with Gasteiger partial charge in [-0.1, -0.05) is 43.0 Å². The average molecular weight is 345 g/mol. The van der Waals surface area contributed by atoms with Crippen LogP contribution in [-0.2, 0) is 11.2 Å². The van der Waals surface area contributed by atoms with Gasteiger partial charge in [-0.25, -0.2) is 0 Å². The number of carbonyl (C=O) groups excluding carboxylic acids is 1. The third-order valence-electron chi connectivity index (χ3n) is 4.51. The highest BCUT2D eigenvalue weighted by molar-refractivity contribution is 6.30. The summed E-state index contributed by atoms with van der Waals surface area (Å²) in [6.45, 7) is 1.27. The first-order valence-corrected chi connectivity index (χ1v) is 8.23. The highest BCUT2D eigenvalue weighted by atomic mass is 35.5. The van der Waals surface area contributed by atoms with E-state index in [1.54, 1.807) is 0 Å². The lowest BCUT2D eigenvalue weighted by Gasteiger charge is -2.35. The quantitative estimate of drug-likeness (QED) is 0.826. The Morgan fingerprint density at radius 3 is 2.64 bits per heavy atom. The fourth-order valence-corrected chi connectivity index (χ4v) is 3.41. The average Bonchev–Trinajstić information content (AvgIpc) is 2.48. The monoisotopic (exact) mass is 344 g/mol. The largest absolute Gasteiger partial charge is 0.356 e. The Balaban J connectivity index is 0.00000242. The van der Waals surface area contributed by atoms with E-state index in [0.717, 1.165) is 29.8 Å². The summed E-state index contributed by atoms with van der Waals surface area (Å²) in [4.78, 5) is 12.1. The maximum atomic E-state index is 12.1. The topological polar surface area (TPSA) is 55.1 Å². The van der Waals surface area contributed by atoms with Gasteiger partial charge in [0.1, 0.15) is 0 Å². The van der Waals surface area contributed by atoms with Crippen molar-refractivity contribution in [1.29, 1.82) is 0 Å². The summed E-state index contributed by atoms with van der Waals surface area (Å²) < 4.78 is 0. The Morgan fingerprint density at radius 2 is 2.00 bits per heavy atom. The van der Waals surface area contributed by atoms with E-state index in [9.17, 15) is 4.79 Å². The van der Waals surface area contributed by atoms with E-state index in [4.69, 9.17) is 17.3 Å². The summed E-state index contributed by atoms with van der Waals surface area (Å²) in [6, 6.07) is 7.76. The van der Waals surface area contributed by atoms with Crippen LogP contribution in [0, 0.1) is 5.41 Å². The number of hydrogen-bond acceptors (Lipinski definition) is 2. The number of amides is 1. The van der Waals surface area contributed by atoms with Crippen LogP contribution in [0.3, 0.4) is 0 Å². The van der Waals surface area contributed by atoms with Crippen molar-refractivity contribution in [3.05, 3.63) is 34.9 Å². The molecule has 0 radical (unpaired) electrons. The molecule has 22 heavy (non-hydrogen) atoms. The maximum absolute atomic E-state index is 12.1. The molecule has 1 fully saturated rings. The summed E-state index contributed by atoms with van der Waals surface area (Å²) in [5, 5.41) is 3.76. The van der Waals surface area contributed by atoms with E-state index in [-0.39, 0.29) is 23.7 Å². The van der Waals surface area contributed by atoms with Crippen LogP contribution in [0.1, 0.15) is 44.1 Å². The zero-order valence-corrected chi connectivity index (χ0v) is 14.5. The molecular formula is C17H26Cl2N2O. The van der Waals surface area contributed by atoms with Gasteiger partial charge in [-0.05, 0) is 48.9 Å². The van der Waals surface area contributed by atoms with Gasteiger partial charge in [-0.15, -0.1) is 12.4 Å². The Hall–Kier alpha value is -0.770. The van der Waals surface area contributed by atoms with Gasteiger partial charge in [-0.3, -0.25) is 4.79 Å². The predicted octanol–water partition coefficient (Wildman–Crippen LogP) is 3.72. The maximum Gasteiger partial charge on any atom is 0.220 e. The molecule has 5 heteroatoms. The second-order valence-corrected chi connectivity index (χ2v) is 6.61. The second-order valence-electron chi connectivity index (χ2n) is 6.17. The Bertz CT molecular complexity index is 473. The molecule has 2 rings (SSSR count). The van der Waals surface area contributed by atoms with Crippen molar-refractivity contribution in [1.82, 2.24) is 5.32 Å². The van der Waals surface area contributed by atoms with Gasteiger partial charge in [-0.2, -0.15) is 0 Å². The van der Waals surface area contributed by atoms with E-state index in [1.165, 1.54) is 19.3 Å². The first kappa shape index (κ1) is 19.3. The summed E-state index contributed by atoms with van der Waals surface area (Å²) in [5.74, 6) is 0.129. The van der Waals surface area contributed by atoms with Gasteiger partial charge >= 0.3 is 0 Å². The Kier molecular flexibility index (Phi) is 8.23. The number of halogens is 2. The van der Waals surface area contributed by atoms with Crippen molar-refractivity contribution in [3.8, 4) is 0 Å². The van der Waals surface area contributed by atoms with Crippen LogP contribution in [0.4, 0.5) is 0 Å². The van der Waals surface area contributed by atoms with Crippen molar-refractivity contribution in [2.24, 2.45) is 11.1 Å². The third kappa shape index (κ3) is 5.79. The number of nitrogens with one attached hydrogen (secondary N) is 1. The van der Waals surface area contributed by atoms with Crippen molar-refractivity contribution < 1.29 is 4.79 Å². The number of hydrogen-bond donors (Lipinski definition) is 2. The molecule has 1 aromatic rings. The lowest BCUT2D eigenvalue weighted by Crippen LogP contribution is -2.39. The fraction of sp³-hybridized carbons (Fsp3) is 0.588. The van der Waals surface area contributed by atoms with Crippen molar-refractivity contribution in [2.45, 2.75) is 44.9 Å². The fourth-order valence-electron chi connectivity index (χ4n) is 3.20. The molecule has 3 N–H and O–H groups in total. The van der Waals surface area contributed by atoms with E-state index >= 15 is 0 Å². The third-order valence-corrected chi connectivity index (χ3v) is 4.74. The first-order valence-electron chi connectivity index (χ1n) is 7.85. The van der Waals surface area contributed by atoms with E-state index in [1.807, 2.05) is 24.3 Å². The molecule has 0 spiro atoms. The molecule has 1 saturated carbocycles. The molecule has 3 nitrogen and oxygen atoms in total. The molecular weight excluding hydrogens is 319 g/mol. The molecule has 1 aliphatic rings. The SMILES string of the molecule is Cl.NCC1(CC(=O)NCCc2cccc(Cl)c2)CCCCC1. The predicted molar refractivity (Wildman–Crippen MR) is 94.6 cm³/mol. The smallest absolute Gasteiger partial charge is 0.220 e. The molecule has 1 aromatic carbocycles. The summed E-state index contributed by atoms with van der Waals surface area (Å²) in [7, 11) is 0. The molecule has 0 aliphatic heterocycles. The van der Waals surface area contributed by atoms with Crippen LogP contribution < -0.4 is 11.1 Å². The van der Waals surface area contributed by atoms with Crippen LogP contribution in [0.2, 0.25) is 5.02 Å². The van der Waals surface area contributed by atoms with Crippen LogP contribution in [0.25, 0.3) is 0 Å². The van der Waals surface area contributed by atoms with Gasteiger partial charge < -0.3 is 11.1 Å². The molecule has 0 aromatic heterocycles. The van der Waals surface area contributed by atoms with Gasteiger partial charge in [0.25, 0.3) is 0 Å².